The van der Waals surface area contributed by atoms with Gasteiger partial charge < -0.3 is 5.32 Å². The number of aryl methyl sites for hydroxylation is 1. The van der Waals surface area contributed by atoms with Crippen LogP contribution in [0.15, 0.2) is 21.1 Å². The molecule has 0 amide bonds. The summed E-state index contributed by atoms with van der Waals surface area (Å²) >= 11 is 7.47. The van der Waals surface area contributed by atoms with E-state index >= 15 is 0 Å². The molecule has 0 spiro atoms. The standard InChI is InChI=1S/C17H25Br2N/c1-4-20-16(17(3)8-6-5-7-9-17)13-11-14(18)12(2)10-15(13)19/h10-11,16,20H,4-9H2,1-3H3. The summed E-state index contributed by atoms with van der Waals surface area (Å²) in [6, 6.07) is 4.96. The van der Waals surface area contributed by atoms with Crippen molar-refractivity contribution in [2.24, 2.45) is 5.41 Å². The summed E-state index contributed by atoms with van der Waals surface area (Å²) in [4.78, 5) is 0. The minimum atomic E-state index is 0.367. The molecule has 1 atom stereocenters. The summed E-state index contributed by atoms with van der Waals surface area (Å²) in [6.07, 6.45) is 6.77. The van der Waals surface area contributed by atoms with E-state index in [1.165, 1.54) is 52.2 Å². The van der Waals surface area contributed by atoms with Gasteiger partial charge >= 0.3 is 0 Å². The van der Waals surface area contributed by atoms with Gasteiger partial charge in [0.2, 0.25) is 0 Å². The Morgan fingerprint density at radius 3 is 2.40 bits per heavy atom. The van der Waals surface area contributed by atoms with E-state index in [9.17, 15) is 0 Å². The third-order valence-electron chi connectivity index (χ3n) is 4.69. The van der Waals surface area contributed by atoms with E-state index in [-0.39, 0.29) is 0 Å². The van der Waals surface area contributed by atoms with Crippen LogP contribution in [0, 0.1) is 12.3 Å². The van der Waals surface area contributed by atoms with Gasteiger partial charge in [0, 0.05) is 15.0 Å². The van der Waals surface area contributed by atoms with Crippen molar-refractivity contribution < 1.29 is 0 Å². The maximum Gasteiger partial charge on any atom is 0.0386 e. The molecule has 1 aromatic rings. The first-order valence-corrected chi connectivity index (χ1v) is 9.25. The highest BCUT2D eigenvalue weighted by Gasteiger charge is 2.36. The minimum absolute atomic E-state index is 0.367. The molecule has 0 saturated heterocycles. The van der Waals surface area contributed by atoms with Gasteiger partial charge in [-0.2, -0.15) is 0 Å². The molecule has 1 aliphatic rings. The van der Waals surface area contributed by atoms with Crippen molar-refractivity contribution in [1.82, 2.24) is 5.32 Å². The van der Waals surface area contributed by atoms with Gasteiger partial charge in [-0.3, -0.25) is 0 Å². The van der Waals surface area contributed by atoms with Crippen LogP contribution < -0.4 is 5.32 Å². The van der Waals surface area contributed by atoms with Crippen molar-refractivity contribution in [2.75, 3.05) is 6.54 Å². The van der Waals surface area contributed by atoms with Crippen LogP contribution in [0.3, 0.4) is 0 Å². The molecular formula is C17H25Br2N. The Bertz CT molecular complexity index is 464. The van der Waals surface area contributed by atoms with Gasteiger partial charge in [-0.05, 0) is 55.0 Å². The molecule has 3 heteroatoms. The zero-order valence-corrected chi connectivity index (χ0v) is 15.9. The fraction of sp³-hybridized carbons (Fsp3) is 0.647. The van der Waals surface area contributed by atoms with Gasteiger partial charge in [0.15, 0.2) is 0 Å². The molecule has 20 heavy (non-hydrogen) atoms. The smallest absolute Gasteiger partial charge is 0.0386 e. The molecule has 0 bridgehead atoms. The Labute approximate surface area is 140 Å². The largest absolute Gasteiger partial charge is 0.310 e. The summed E-state index contributed by atoms with van der Waals surface area (Å²) in [5.74, 6) is 0. The second-order valence-corrected chi connectivity index (χ2v) is 8.04. The van der Waals surface area contributed by atoms with Gasteiger partial charge in [0.1, 0.15) is 0 Å². The lowest BCUT2D eigenvalue weighted by Crippen LogP contribution is -2.38. The molecule has 0 heterocycles. The number of hydrogen-bond acceptors (Lipinski definition) is 1. The van der Waals surface area contributed by atoms with E-state index in [1.54, 1.807) is 0 Å². The van der Waals surface area contributed by atoms with Crippen LogP contribution in [0.5, 0.6) is 0 Å². The van der Waals surface area contributed by atoms with Crippen LogP contribution in [0.25, 0.3) is 0 Å². The molecule has 112 valence electrons. The lowest BCUT2D eigenvalue weighted by molar-refractivity contribution is 0.145. The maximum atomic E-state index is 3.78. The van der Waals surface area contributed by atoms with E-state index in [0.29, 0.717) is 11.5 Å². The van der Waals surface area contributed by atoms with Crippen LogP contribution in [-0.4, -0.2) is 6.54 Å². The molecule has 1 nitrogen and oxygen atoms in total. The van der Waals surface area contributed by atoms with E-state index in [2.05, 4.69) is 70.1 Å². The topological polar surface area (TPSA) is 12.0 Å². The van der Waals surface area contributed by atoms with E-state index in [0.717, 1.165) is 6.54 Å². The van der Waals surface area contributed by atoms with Crippen LogP contribution in [0.4, 0.5) is 0 Å². The van der Waals surface area contributed by atoms with Crippen molar-refractivity contribution in [3.8, 4) is 0 Å². The molecule has 1 saturated carbocycles. The van der Waals surface area contributed by atoms with Crippen molar-refractivity contribution in [1.29, 1.82) is 0 Å². The number of benzene rings is 1. The van der Waals surface area contributed by atoms with Gasteiger partial charge in [-0.25, -0.2) is 0 Å². The van der Waals surface area contributed by atoms with Crippen LogP contribution >= 0.6 is 31.9 Å². The predicted molar refractivity (Wildman–Crippen MR) is 94.2 cm³/mol. The zero-order chi connectivity index (χ0) is 14.8. The molecule has 0 aliphatic heterocycles. The van der Waals surface area contributed by atoms with Gasteiger partial charge in [0.05, 0.1) is 0 Å². The van der Waals surface area contributed by atoms with Crippen LogP contribution in [-0.2, 0) is 0 Å². The van der Waals surface area contributed by atoms with E-state index < -0.39 is 0 Å². The third-order valence-corrected chi connectivity index (χ3v) is 6.23. The monoisotopic (exact) mass is 401 g/mol. The average Bonchev–Trinajstić information content (AvgIpc) is 2.41. The fourth-order valence-electron chi connectivity index (χ4n) is 3.47. The lowest BCUT2D eigenvalue weighted by atomic mass is 9.68. The maximum absolute atomic E-state index is 3.78. The Kier molecular flexibility index (Phi) is 5.72. The summed E-state index contributed by atoms with van der Waals surface area (Å²) < 4.78 is 2.44. The van der Waals surface area contributed by atoms with E-state index in [4.69, 9.17) is 0 Å². The second kappa shape index (κ2) is 6.93. The third kappa shape index (κ3) is 3.48. The SMILES string of the molecule is CCNC(c1cc(Br)c(C)cc1Br)C1(C)CCCCC1. The minimum Gasteiger partial charge on any atom is -0.310 e. The molecule has 1 aliphatic carbocycles. The zero-order valence-electron chi connectivity index (χ0n) is 12.7. The molecule has 2 rings (SSSR count). The van der Waals surface area contributed by atoms with Gasteiger partial charge in [-0.1, -0.05) is 65.0 Å². The molecular weight excluding hydrogens is 378 g/mol. The number of halogens is 2. The first-order chi connectivity index (χ1) is 9.48. The summed E-state index contributed by atoms with van der Waals surface area (Å²) in [6.45, 7) is 7.82. The number of nitrogens with one attached hydrogen (secondary N) is 1. The second-order valence-electron chi connectivity index (χ2n) is 6.33. The normalized spacial score (nSPS) is 19.9. The van der Waals surface area contributed by atoms with E-state index in [1.807, 2.05) is 0 Å². The number of rotatable bonds is 4. The van der Waals surface area contributed by atoms with Crippen molar-refractivity contribution in [3.05, 3.63) is 32.2 Å². The molecule has 1 unspecified atom stereocenters. The highest BCUT2D eigenvalue weighted by Crippen LogP contribution is 2.47. The summed E-state index contributed by atoms with van der Waals surface area (Å²) in [5, 5.41) is 3.75. The van der Waals surface area contributed by atoms with Gasteiger partial charge in [0.25, 0.3) is 0 Å². The highest BCUT2D eigenvalue weighted by molar-refractivity contribution is 9.11. The Morgan fingerprint density at radius 2 is 1.80 bits per heavy atom. The van der Waals surface area contributed by atoms with Gasteiger partial charge in [-0.15, -0.1) is 0 Å². The van der Waals surface area contributed by atoms with Crippen molar-refractivity contribution in [2.45, 2.75) is 58.9 Å². The first kappa shape index (κ1) is 16.5. The van der Waals surface area contributed by atoms with Crippen LogP contribution in [0.2, 0.25) is 0 Å². The highest BCUT2D eigenvalue weighted by atomic mass is 79.9. The summed E-state index contributed by atoms with van der Waals surface area (Å²) in [5.41, 5.74) is 3.05. The molecule has 1 fully saturated rings. The average molecular weight is 403 g/mol. The summed E-state index contributed by atoms with van der Waals surface area (Å²) in [7, 11) is 0. The fourth-order valence-corrected chi connectivity index (χ4v) is 4.51. The Morgan fingerprint density at radius 1 is 1.15 bits per heavy atom. The molecule has 1 aromatic carbocycles. The number of hydrogen-bond donors (Lipinski definition) is 1. The first-order valence-electron chi connectivity index (χ1n) is 7.67. The quantitative estimate of drug-likeness (QED) is 0.637. The molecule has 1 N–H and O–H groups in total. The van der Waals surface area contributed by atoms with Crippen LogP contribution in [0.1, 0.15) is 63.1 Å². The van der Waals surface area contributed by atoms with Crippen molar-refractivity contribution in [3.63, 3.8) is 0 Å². The molecule has 0 aromatic heterocycles. The predicted octanol–water partition coefficient (Wildman–Crippen LogP) is 6.14. The Hall–Kier alpha value is 0.140. The Balaban J connectivity index is 2.40. The molecule has 0 radical (unpaired) electrons. The van der Waals surface area contributed by atoms with Crippen molar-refractivity contribution >= 4 is 31.9 Å². The lowest BCUT2D eigenvalue weighted by Gasteiger charge is -2.42.